The first-order chi connectivity index (χ1) is 18.4. The van der Waals surface area contributed by atoms with Gasteiger partial charge in [0.15, 0.2) is 11.9 Å². The van der Waals surface area contributed by atoms with Crippen LogP contribution in [0.4, 0.5) is 18.9 Å². The van der Waals surface area contributed by atoms with Crippen LogP contribution in [0.15, 0.2) is 24.5 Å². The van der Waals surface area contributed by atoms with Crippen molar-refractivity contribution in [3.05, 3.63) is 35.8 Å². The number of anilines is 1. The molecule has 2 aromatic rings. The molecule has 3 heterocycles. The number of halogens is 3. The molecule has 1 aliphatic rings. The number of esters is 1. The van der Waals surface area contributed by atoms with Crippen LogP contribution in [-0.4, -0.2) is 55.2 Å². The number of alkyl halides is 3. The Morgan fingerprint density at radius 1 is 1.02 bits per heavy atom. The molecule has 0 amide bonds. The fourth-order valence-electron chi connectivity index (χ4n) is 4.36. The van der Waals surface area contributed by atoms with E-state index in [1.807, 2.05) is 0 Å². The highest BCUT2D eigenvalue weighted by Gasteiger charge is 2.48. The second-order valence-corrected chi connectivity index (χ2v) is 12.6. The smallest absolute Gasteiger partial charge is 0.461 e. The molecule has 222 valence electrons. The Bertz CT molecular complexity index is 1300. The molecular weight excluding hydrogens is 551 g/mol. The van der Waals surface area contributed by atoms with Crippen LogP contribution in [0, 0.1) is 12.3 Å². The Balaban J connectivity index is 2.17. The second kappa shape index (κ2) is 11.9. The third kappa shape index (κ3) is 7.42. The summed E-state index contributed by atoms with van der Waals surface area (Å²) >= 11 is 0. The van der Waals surface area contributed by atoms with Gasteiger partial charge in [0.1, 0.15) is 0 Å². The van der Waals surface area contributed by atoms with Crippen molar-refractivity contribution >= 4 is 21.8 Å². The van der Waals surface area contributed by atoms with Crippen molar-refractivity contribution in [3.8, 4) is 17.0 Å². The molecule has 2 aromatic heterocycles. The maximum atomic E-state index is 13.3. The largest absolute Gasteiger partial charge is 0.534 e. The van der Waals surface area contributed by atoms with Crippen LogP contribution >= 0.6 is 0 Å². The van der Waals surface area contributed by atoms with E-state index in [4.69, 9.17) is 9.47 Å². The summed E-state index contributed by atoms with van der Waals surface area (Å²) in [6.07, 6.45) is 2.40. The molecule has 0 radical (unpaired) electrons. The zero-order chi connectivity index (χ0) is 30.0. The number of aromatic nitrogens is 2. The van der Waals surface area contributed by atoms with Crippen molar-refractivity contribution in [1.29, 1.82) is 0 Å². The average molecular weight is 588 g/mol. The minimum absolute atomic E-state index is 0.116. The summed E-state index contributed by atoms with van der Waals surface area (Å²) in [4.78, 5) is 24.2. The van der Waals surface area contributed by atoms with E-state index >= 15 is 0 Å². The van der Waals surface area contributed by atoms with E-state index in [9.17, 15) is 26.4 Å². The number of hydrogen-bond acceptors (Lipinski definition) is 9. The van der Waals surface area contributed by atoms with Crippen molar-refractivity contribution in [3.63, 3.8) is 0 Å². The lowest BCUT2D eigenvalue weighted by Gasteiger charge is -2.40. The van der Waals surface area contributed by atoms with Crippen molar-refractivity contribution in [2.45, 2.75) is 85.1 Å². The van der Waals surface area contributed by atoms with E-state index in [0.29, 0.717) is 41.3 Å². The molecule has 0 aliphatic carbocycles. The third-order valence-electron chi connectivity index (χ3n) is 6.46. The van der Waals surface area contributed by atoms with Gasteiger partial charge < -0.3 is 18.6 Å². The number of nitrogens with zero attached hydrogens (tertiary/aromatic N) is 3. The summed E-state index contributed by atoms with van der Waals surface area (Å²) in [5.74, 6) is -1.16. The Kier molecular flexibility index (Phi) is 9.40. The predicted molar refractivity (Wildman–Crippen MR) is 143 cm³/mol. The molecular formula is C27H36F3N3O6S. The van der Waals surface area contributed by atoms with Crippen LogP contribution in [0.3, 0.4) is 0 Å². The summed E-state index contributed by atoms with van der Waals surface area (Å²) in [7, 11) is -5.85. The summed E-state index contributed by atoms with van der Waals surface area (Å²) < 4.78 is 77.0. The van der Waals surface area contributed by atoms with E-state index in [2.05, 4.69) is 32.9 Å². The molecule has 3 rings (SSSR count). The van der Waals surface area contributed by atoms with Gasteiger partial charge >= 0.3 is 21.6 Å². The van der Waals surface area contributed by atoms with E-state index < -0.39 is 33.4 Å². The Morgan fingerprint density at radius 2 is 1.65 bits per heavy atom. The maximum absolute atomic E-state index is 13.3. The van der Waals surface area contributed by atoms with E-state index in [1.165, 1.54) is 6.07 Å². The van der Waals surface area contributed by atoms with Crippen LogP contribution < -0.4 is 9.08 Å². The molecule has 13 heteroatoms. The van der Waals surface area contributed by atoms with Crippen LogP contribution in [0.5, 0.6) is 5.75 Å². The average Bonchev–Trinajstić information content (AvgIpc) is 2.82. The van der Waals surface area contributed by atoms with Gasteiger partial charge in [0, 0.05) is 36.1 Å². The first-order valence-corrected chi connectivity index (χ1v) is 14.4. The fourth-order valence-corrected chi connectivity index (χ4v) is 4.80. The molecule has 40 heavy (non-hydrogen) atoms. The first-order valence-electron chi connectivity index (χ1n) is 13.0. The molecule has 0 N–H and O–H groups in total. The monoisotopic (exact) mass is 587 g/mol. The number of aryl methyl sites for hydroxylation is 1. The zero-order valence-electron chi connectivity index (χ0n) is 23.7. The highest BCUT2D eigenvalue weighted by Crippen LogP contribution is 2.43. The number of hydrogen-bond donors (Lipinski definition) is 0. The molecule has 1 fully saturated rings. The highest BCUT2D eigenvalue weighted by molar-refractivity contribution is 7.88. The van der Waals surface area contributed by atoms with Gasteiger partial charge in [-0.3, -0.25) is 9.97 Å². The molecule has 0 bridgehead atoms. The van der Waals surface area contributed by atoms with Crippen molar-refractivity contribution in [2.75, 3.05) is 18.0 Å². The lowest BCUT2D eigenvalue weighted by Crippen LogP contribution is -2.39. The lowest BCUT2D eigenvalue weighted by atomic mass is 9.82. The SMILES string of the molecule is Cc1ncc(-c2ccc(OS(=O)(=O)C(F)(F)F)cn2)c(N2CCC(C)(C)CC2)c1[C@H](OC(C)C)C(=O)OC(C)C. The summed E-state index contributed by atoms with van der Waals surface area (Å²) in [6, 6.07) is 2.43. The van der Waals surface area contributed by atoms with Crippen molar-refractivity contribution in [2.24, 2.45) is 5.41 Å². The minimum atomic E-state index is -5.85. The minimum Gasteiger partial charge on any atom is -0.461 e. The maximum Gasteiger partial charge on any atom is 0.534 e. The highest BCUT2D eigenvalue weighted by atomic mass is 32.2. The fraction of sp³-hybridized carbons (Fsp3) is 0.593. The van der Waals surface area contributed by atoms with E-state index in [0.717, 1.165) is 25.1 Å². The van der Waals surface area contributed by atoms with E-state index in [1.54, 1.807) is 40.8 Å². The van der Waals surface area contributed by atoms with Gasteiger partial charge in [-0.25, -0.2) is 4.79 Å². The van der Waals surface area contributed by atoms with E-state index in [-0.39, 0.29) is 17.6 Å². The standard InChI is InChI=1S/C27H36F3N3O6S/c1-16(2)37-24(25(34)38-17(3)4)22-18(5)31-15-20(23(22)33-12-10-26(6,7)11-13-33)21-9-8-19(14-32-21)39-40(35,36)27(28,29)30/h8-9,14-17,24H,10-13H2,1-7H3/t24-/m0/s1. The topological polar surface area (TPSA) is 108 Å². The quantitative estimate of drug-likeness (QED) is 0.207. The van der Waals surface area contributed by atoms with Crippen LogP contribution in [0.25, 0.3) is 11.3 Å². The third-order valence-corrected chi connectivity index (χ3v) is 7.44. The Morgan fingerprint density at radius 3 is 2.15 bits per heavy atom. The lowest BCUT2D eigenvalue weighted by molar-refractivity contribution is -0.164. The number of carbonyl (C=O) groups is 1. The summed E-state index contributed by atoms with van der Waals surface area (Å²) in [6.45, 7) is 14.6. The molecule has 0 unspecified atom stereocenters. The van der Waals surface area contributed by atoms with Crippen molar-refractivity contribution in [1.82, 2.24) is 9.97 Å². The number of pyridine rings is 2. The van der Waals surface area contributed by atoms with Gasteiger partial charge in [-0.15, -0.1) is 0 Å². The Hall–Kier alpha value is -2.93. The van der Waals surface area contributed by atoms with Gasteiger partial charge in [0.05, 0.1) is 29.8 Å². The molecule has 0 saturated carbocycles. The molecule has 1 aliphatic heterocycles. The van der Waals surface area contributed by atoms with Gasteiger partial charge in [-0.1, -0.05) is 13.8 Å². The van der Waals surface area contributed by atoms with Gasteiger partial charge in [-0.2, -0.15) is 21.6 Å². The van der Waals surface area contributed by atoms with Crippen LogP contribution in [0.2, 0.25) is 0 Å². The normalized spacial score (nSPS) is 16.8. The number of carbonyl (C=O) groups excluding carboxylic acids is 1. The predicted octanol–water partition coefficient (Wildman–Crippen LogP) is 5.72. The van der Waals surface area contributed by atoms with Gasteiger partial charge in [0.2, 0.25) is 0 Å². The molecule has 1 saturated heterocycles. The second-order valence-electron chi connectivity index (χ2n) is 11.1. The summed E-state index contributed by atoms with van der Waals surface area (Å²) in [5, 5.41) is 0. The Labute approximate surface area is 233 Å². The summed E-state index contributed by atoms with van der Waals surface area (Å²) in [5.41, 5.74) is -2.95. The number of rotatable bonds is 9. The van der Waals surface area contributed by atoms with Gasteiger partial charge in [0.25, 0.3) is 0 Å². The first kappa shape index (κ1) is 31.6. The van der Waals surface area contributed by atoms with Crippen molar-refractivity contribution < 1.29 is 40.0 Å². The molecule has 0 aromatic carbocycles. The molecule has 1 atom stereocenters. The van der Waals surface area contributed by atoms with Crippen LogP contribution in [-0.2, 0) is 24.4 Å². The zero-order valence-corrected chi connectivity index (χ0v) is 24.5. The molecule has 0 spiro atoms. The van der Waals surface area contributed by atoms with Gasteiger partial charge in [-0.05, 0) is 65.0 Å². The van der Waals surface area contributed by atoms with Crippen LogP contribution in [0.1, 0.15) is 71.7 Å². The number of piperidine rings is 1. The number of ether oxygens (including phenoxy) is 2. The molecule has 9 nitrogen and oxygen atoms in total.